The number of nitrogens with one attached hydrogen (secondary N) is 1. The summed E-state index contributed by atoms with van der Waals surface area (Å²) in [5.74, 6) is 0.480. The van der Waals surface area contributed by atoms with Crippen LogP contribution in [0.3, 0.4) is 0 Å². The van der Waals surface area contributed by atoms with Crippen molar-refractivity contribution in [3.63, 3.8) is 0 Å². The van der Waals surface area contributed by atoms with Gasteiger partial charge in [0.15, 0.2) is 0 Å². The van der Waals surface area contributed by atoms with Crippen molar-refractivity contribution in [1.82, 2.24) is 9.88 Å². The maximum absolute atomic E-state index is 11.7. The van der Waals surface area contributed by atoms with Gasteiger partial charge in [-0.2, -0.15) is 0 Å². The van der Waals surface area contributed by atoms with Gasteiger partial charge in [-0.05, 0) is 26.0 Å². The first kappa shape index (κ1) is 12.0. The molecule has 0 saturated carbocycles. The van der Waals surface area contributed by atoms with E-state index in [0.29, 0.717) is 5.92 Å². The summed E-state index contributed by atoms with van der Waals surface area (Å²) in [5, 5.41) is 3.16. The van der Waals surface area contributed by atoms with Gasteiger partial charge in [-0.25, -0.2) is 0 Å². The fourth-order valence-corrected chi connectivity index (χ4v) is 1.62. The lowest BCUT2D eigenvalue weighted by Crippen LogP contribution is -2.28. The standard InChI is InChI=1S/C12H20N2O/c1-9(2)8-14-11(10(3)13-4)6-5-7-12(14)15/h5-7,9-10,13H,8H2,1-4H3. The summed E-state index contributed by atoms with van der Waals surface area (Å²) in [4.78, 5) is 11.7. The number of hydrogen-bond donors (Lipinski definition) is 1. The molecule has 0 aliphatic heterocycles. The molecule has 15 heavy (non-hydrogen) atoms. The van der Waals surface area contributed by atoms with E-state index in [-0.39, 0.29) is 11.6 Å². The number of rotatable bonds is 4. The van der Waals surface area contributed by atoms with Gasteiger partial charge in [-0.15, -0.1) is 0 Å². The zero-order chi connectivity index (χ0) is 11.4. The van der Waals surface area contributed by atoms with Crippen LogP contribution in [0.5, 0.6) is 0 Å². The molecule has 1 heterocycles. The van der Waals surface area contributed by atoms with E-state index in [4.69, 9.17) is 0 Å². The maximum atomic E-state index is 11.7. The van der Waals surface area contributed by atoms with Crippen molar-refractivity contribution < 1.29 is 0 Å². The molecule has 0 saturated heterocycles. The van der Waals surface area contributed by atoms with E-state index >= 15 is 0 Å². The summed E-state index contributed by atoms with van der Waals surface area (Å²) in [7, 11) is 1.90. The van der Waals surface area contributed by atoms with Crippen LogP contribution >= 0.6 is 0 Å². The fraction of sp³-hybridized carbons (Fsp3) is 0.583. The lowest BCUT2D eigenvalue weighted by atomic mass is 10.1. The number of nitrogens with zero attached hydrogens (tertiary/aromatic N) is 1. The topological polar surface area (TPSA) is 34.0 Å². The summed E-state index contributed by atoms with van der Waals surface area (Å²) < 4.78 is 1.85. The summed E-state index contributed by atoms with van der Waals surface area (Å²) in [5.41, 5.74) is 1.14. The molecular formula is C12H20N2O. The molecule has 1 N–H and O–H groups in total. The smallest absolute Gasteiger partial charge is 0.250 e. The molecule has 0 fully saturated rings. The molecule has 1 aromatic heterocycles. The van der Waals surface area contributed by atoms with Crippen molar-refractivity contribution in [3.05, 3.63) is 34.2 Å². The Morgan fingerprint density at radius 2 is 2.00 bits per heavy atom. The second-order valence-electron chi connectivity index (χ2n) is 4.30. The molecule has 0 amide bonds. The Kier molecular flexibility index (Phi) is 4.09. The maximum Gasteiger partial charge on any atom is 0.250 e. The molecule has 0 bridgehead atoms. The third kappa shape index (κ3) is 2.93. The van der Waals surface area contributed by atoms with Crippen molar-refractivity contribution in [2.24, 2.45) is 5.92 Å². The Morgan fingerprint density at radius 3 is 2.53 bits per heavy atom. The normalized spacial score (nSPS) is 13.1. The highest BCUT2D eigenvalue weighted by Crippen LogP contribution is 2.10. The molecule has 3 nitrogen and oxygen atoms in total. The van der Waals surface area contributed by atoms with Crippen molar-refractivity contribution in [3.8, 4) is 0 Å². The Balaban J connectivity index is 3.14. The van der Waals surface area contributed by atoms with E-state index in [9.17, 15) is 4.79 Å². The third-order valence-corrected chi connectivity index (χ3v) is 2.51. The van der Waals surface area contributed by atoms with Crippen LogP contribution in [-0.4, -0.2) is 11.6 Å². The van der Waals surface area contributed by atoms with Crippen LogP contribution in [0.15, 0.2) is 23.0 Å². The molecule has 0 radical (unpaired) electrons. The Bertz CT molecular complexity index is 368. The van der Waals surface area contributed by atoms with Crippen molar-refractivity contribution in [2.75, 3.05) is 7.05 Å². The van der Waals surface area contributed by atoms with Crippen LogP contribution in [-0.2, 0) is 6.54 Å². The van der Waals surface area contributed by atoms with Crippen LogP contribution in [0.25, 0.3) is 0 Å². The first-order valence-electron chi connectivity index (χ1n) is 5.43. The van der Waals surface area contributed by atoms with Gasteiger partial charge >= 0.3 is 0 Å². The van der Waals surface area contributed by atoms with Gasteiger partial charge < -0.3 is 9.88 Å². The van der Waals surface area contributed by atoms with E-state index in [2.05, 4.69) is 26.1 Å². The lowest BCUT2D eigenvalue weighted by Gasteiger charge is -2.19. The molecule has 0 spiro atoms. The second-order valence-corrected chi connectivity index (χ2v) is 4.30. The van der Waals surface area contributed by atoms with Gasteiger partial charge in [0.25, 0.3) is 5.56 Å². The first-order valence-corrected chi connectivity index (χ1v) is 5.43. The predicted octanol–water partition coefficient (Wildman–Crippen LogP) is 1.78. The van der Waals surface area contributed by atoms with E-state index < -0.39 is 0 Å². The summed E-state index contributed by atoms with van der Waals surface area (Å²) in [6.07, 6.45) is 0. The van der Waals surface area contributed by atoms with Gasteiger partial charge in [0, 0.05) is 24.3 Å². The van der Waals surface area contributed by atoms with Gasteiger partial charge in [0.1, 0.15) is 0 Å². The third-order valence-electron chi connectivity index (χ3n) is 2.51. The lowest BCUT2D eigenvalue weighted by molar-refractivity contribution is 0.471. The van der Waals surface area contributed by atoms with E-state index in [1.807, 2.05) is 23.7 Å². The first-order chi connectivity index (χ1) is 7.06. The van der Waals surface area contributed by atoms with Crippen LogP contribution in [0.2, 0.25) is 0 Å². The summed E-state index contributed by atoms with van der Waals surface area (Å²) in [6.45, 7) is 7.08. The minimum absolute atomic E-state index is 0.0864. The van der Waals surface area contributed by atoms with Crippen molar-refractivity contribution >= 4 is 0 Å². The Hall–Kier alpha value is -1.09. The Morgan fingerprint density at radius 1 is 1.33 bits per heavy atom. The highest BCUT2D eigenvalue weighted by molar-refractivity contribution is 5.10. The molecule has 0 aromatic carbocycles. The average Bonchev–Trinajstić information content (AvgIpc) is 2.19. The van der Waals surface area contributed by atoms with E-state index in [1.54, 1.807) is 6.07 Å². The SMILES string of the molecule is CNC(C)c1cccc(=O)n1CC(C)C. The molecule has 84 valence electrons. The van der Waals surface area contributed by atoms with Crippen LogP contribution < -0.4 is 10.9 Å². The van der Waals surface area contributed by atoms with E-state index in [1.165, 1.54) is 0 Å². The van der Waals surface area contributed by atoms with Gasteiger partial charge in [-0.3, -0.25) is 4.79 Å². The molecule has 1 atom stereocenters. The summed E-state index contributed by atoms with van der Waals surface area (Å²) >= 11 is 0. The highest BCUT2D eigenvalue weighted by Gasteiger charge is 2.10. The van der Waals surface area contributed by atoms with Gasteiger partial charge in [0.2, 0.25) is 0 Å². The fourth-order valence-electron chi connectivity index (χ4n) is 1.62. The minimum atomic E-state index is 0.0864. The largest absolute Gasteiger partial charge is 0.312 e. The van der Waals surface area contributed by atoms with Crippen LogP contribution in [0.4, 0.5) is 0 Å². The predicted molar refractivity (Wildman–Crippen MR) is 63.0 cm³/mol. The molecule has 0 aliphatic carbocycles. The minimum Gasteiger partial charge on any atom is -0.312 e. The monoisotopic (exact) mass is 208 g/mol. The van der Waals surface area contributed by atoms with Crippen LogP contribution in [0.1, 0.15) is 32.5 Å². The van der Waals surface area contributed by atoms with Crippen molar-refractivity contribution in [1.29, 1.82) is 0 Å². The zero-order valence-corrected chi connectivity index (χ0v) is 9.95. The number of aromatic nitrogens is 1. The molecule has 3 heteroatoms. The van der Waals surface area contributed by atoms with Gasteiger partial charge in [-0.1, -0.05) is 19.9 Å². The number of hydrogen-bond acceptors (Lipinski definition) is 2. The molecule has 1 aromatic rings. The van der Waals surface area contributed by atoms with E-state index in [0.717, 1.165) is 12.2 Å². The van der Waals surface area contributed by atoms with Crippen molar-refractivity contribution in [2.45, 2.75) is 33.4 Å². The Labute approximate surface area is 91.1 Å². The molecular weight excluding hydrogens is 188 g/mol. The number of pyridine rings is 1. The summed E-state index contributed by atoms with van der Waals surface area (Å²) in [6, 6.07) is 5.65. The molecule has 0 aliphatic rings. The molecule has 1 unspecified atom stereocenters. The second kappa shape index (κ2) is 5.12. The zero-order valence-electron chi connectivity index (χ0n) is 9.95. The average molecular weight is 208 g/mol. The highest BCUT2D eigenvalue weighted by atomic mass is 16.1. The molecule has 1 rings (SSSR count). The quantitative estimate of drug-likeness (QED) is 0.818. The van der Waals surface area contributed by atoms with Crippen LogP contribution in [0, 0.1) is 5.92 Å². The van der Waals surface area contributed by atoms with Gasteiger partial charge in [0.05, 0.1) is 0 Å².